The van der Waals surface area contributed by atoms with Gasteiger partial charge in [-0.05, 0) is 37.0 Å². The Balaban J connectivity index is 1.37. The van der Waals surface area contributed by atoms with E-state index < -0.39 is 10.8 Å². The summed E-state index contributed by atoms with van der Waals surface area (Å²) in [6, 6.07) is 14.6. The van der Waals surface area contributed by atoms with Gasteiger partial charge in [-0.2, -0.15) is 0 Å². The normalized spacial score (nSPS) is 16.5. The van der Waals surface area contributed by atoms with Gasteiger partial charge < -0.3 is 15.5 Å². The van der Waals surface area contributed by atoms with Gasteiger partial charge in [0.2, 0.25) is 0 Å². The van der Waals surface area contributed by atoms with Gasteiger partial charge in [0.05, 0.1) is 0 Å². The van der Waals surface area contributed by atoms with Crippen LogP contribution in [0.1, 0.15) is 24.0 Å². The first-order valence-corrected chi connectivity index (χ1v) is 11.7. The van der Waals surface area contributed by atoms with Gasteiger partial charge >= 0.3 is 0 Å². The zero-order valence-corrected chi connectivity index (χ0v) is 18.1. The zero-order valence-electron chi connectivity index (χ0n) is 17.3. The largest absolute Gasteiger partial charge is 0.356 e. The molecule has 0 spiro atoms. The predicted octanol–water partition coefficient (Wildman–Crippen LogP) is 2.47. The molecule has 0 aliphatic carbocycles. The fraction of sp³-hybridized carbons (Fsp3) is 0.455. The summed E-state index contributed by atoms with van der Waals surface area (Å²) in [5.74, 6) is 3.04. The molecule has 1 saturated heterocycles. The van der Waals surface area contributed by atoms with Crippen LogP contribution >= 0.6 is 0 Å². The topological polar surface area (TPSA) is 69.6 Å². The number of aryl methyl sites for hydroxylation is 1. The third-order valence-corrected chi connectivity index (χ3v) is 6.39. The van der Waals surface area contributed by atoms with Crippen molar-refractivity contribution in [3.63, 3.8) is 0 Å². The van der Waals surface area contributed by atoms with Crippen LogP contribution in [0.2, 0.25) is 0 Å². The van der Waals surface area contributed by atoms with Crippen LogP contribution in [0.3, 0.4) is 0 Å². The Kier molecular flexibility index (Phi) is 8.04. The molecule has 0 amide bonds. The fourth-order valence-electron chi connectivity index (χ4n) is 3.40. The molecule has 0 saturated carbocycles. The number of benzene rings is 1. The summed E-state index contributed by atoms with van der Waals surface area (Å²) in [4.78, 5) is 11.2. The van der Waals surface area contributed by atoms with Gasteiger partial charge in [0, 0.05) is 61.2 Å². The van der Waals surface area contributed by atoms with Crippen LogP contribution in [0.4, 0.5) is 5.82 Å². The monoisotopic (exact) mass is 413 g/mol. The number of hydrogen-bond acceptors (Lipinski definition) is 4. The van der Waals surface area contributed by atoms with Crippen LogP contribution in [0.15, 0.2) is 53.7 Å². The molecule has 0 radical (unpaired) electrons. The summed E-state index contributed by atoms with van der Waals surface area (Å²) in [5, 5.41) is 6.81. The molecule has 0 bridgehead atoms. The maximum atomic E-state index is 12.3. The van der Waals surface area contributed by atoms with Gasteiger partial charge in [-0.1, -0.05) is 36.4 Å². The second-order valence-electron chi connectivity index (χ2n) is 7.37. The number of piperidine rings is 1. The van der Waals surface area contributed by atoms with Gasteiger partial charge in [-0.3, -0.25) is 9.20 Å². The quantitative estimate of drug-likeness (QED) is 0.539. The molecule has 1 aromatic heterocycles. The molecular weight excluding hydrogens is 382 g/mol. The van der Waals surface area contributed by atoms with Crippen molar-refractivity contribution >= 4 is 22.6 Å². The minimum atomic E-state index is -0.883. The van der Waals surface area contributed by atoms with E-state index in [0.29, 0.717) is 24.1 Å². The van der Waals surface area contributed by atoms with Crippen molar-refractivity contribution in [1.82, 2.24) is 15.6 Å². The van der Waals surface area contributed by atoms with Crippen LogP contribution in [-0.4, -0.2) is 53.6 Å². The molecule has 6 nitrogen and oxygen atoms in total. The maximum Gasteiger partial charge on any atom is 0.191 e. The lowest BCUT2D eigenvalue weighted by molar-refractivity contribution is 0.460. The van der Waals surface area contributed by atoms with Crippen molar-refractivity contribution in [3.8, 4) is 0 Å². The molecule has 2 N–H and O–H groups in total. The molecule has 1 aliphatic rings. The Bertz CT molecular complexity index is 802. The number of aromatic nitrogens is 1. The first-order valence-electron chi connectivity index (χ1n) is 10.2. The van der Waals surface area contributed by atoms with Gasteiger partial charge in [0.1, 0.15) is 5.82 Å². The van der Waals surface area contributed by atoms with E-state index in [-0.39, 0.29) is 0 Å². The molecule has 2 heterocycles. The summed E-state index contributed by atoms with van der Waals surface area (Å²) in [5.41, 5.74) is 2.30. The van der Waals surface area contributed by atoms with E-state index in [1.54, 1.807) is 7.05 Å². The van der Waals surface area contributed by atoms with E-state index in [1.165, 1.54) is 5.56 Å². The smallest absolute Gasteiger partial charge is 0.191 e. The second-order valence-corrected chi connectivity index (χ2v) is 8.95. The first-order chi connectivity index (χ1) is 14.1. The fourth-order valence-corrected chi connectivity index (χ4v) is 4.44. The highest BCUT2D eigenvalue weighted by Crippen LogP contribution is 2.18. The summed E-state index contributed by atoms with van der Waals surface area (Å²) in [7, 11) is 0.897. The molecular formula is C22H31N5OS. The van der Waals surface area contributed by atoms with Gasteiger partial charge in [0.25, 0.3) is 0 Å². The van der Waals surface area contributed by atoms with Crippen LogP contribution < -0.4 is 15.5 Å². The lowest BCUT2D eigenvalue weighted by atomic mass is 10.1. The van der Waals surface area contributed by atoms with E-state index in [4.69, 9.17) is 0 Å². The number of aliphatic imine (C=N–C) groups is 1. The van der Waals surface area contributed by atoms with Gasteiger partial charge in [-0.15, -0.1) is 0 Å². The molecule has 1 unspecified atom stereocenters. The number of pyridine rings is 1. The van der Waals surface area contributed by atoms with Crippen molar-refractivity contribution in [3.05, 3.63) is 59.8 Å². The predicted molar refractivity (Wildman–Crippen MR) is 122 cm³/mol. The Morgan fingerprint density at radius 3 is 2.62 bits per heavy atom. The standard InChI is InChI=1S/C22H31N5OS/c1-18-8-9-21(25-16-18)27-13-10-20(11-14-27)26-22(23-2)24-12-15-29(28)17-19-6-4-3-5-7-19/h3-9,16,20H,10-15,17H2,1-2H3,(H2,23,24,26). The first kappa shape index (κ1) is 21.3. The number of nitrogens with zero attached hydrogens (tertiary/aromatic N) is 3. The molecule has 1 aliphatic heterocycles. The Morgan fingerprint density at radius 2 is 1.97 bits per heavy atom. The molecule has 1 fully saturated rings. The Labute approximate surface area is 176 Å². The third-order valence-electron chi connectivity index (χ3n) is 5.07. The average molecular weight is 414 g/mol. The minimum absolute atomic E-state index is 0.387. The molecule has 2 aromatic rings. The molecule has 1 aromatic carbocycles. The molecule has 7 heteroatoms. The highest BCUT2D eigenvalue weighted by Gasteiger charge is 2.20. The van der Waals surface area contributed by atoms with Gasteiger partial charge in [-0.25, -0.2) is 4.98 Å². The number of hydrogen-bond donors (Lipinski definition) is 2. The van der Waals surface area contributed by atoms with E-state index in [2.05, 4.69) is 44.6 Å². The van der Waals surface area contributed by atoms with E-state index >= 15 is 0 Å². The molecule has 1 atom stereocenters. The van der Waals surface area contributed by atoms with Crippen LogP contribution in [0, 0.1) is 6.92 Å². The lowest BCUT2D eigenvalue weighted by Gasteiger charge is -2.33. The summed E-state index contributed by atoms with van der Waals surface area (Å²) in [6.07, 6.45) is 4.00. The number of anilines is 1. The van der Waals surface area contributed by atoms with Crippen LogP contribution in [0.5, 0.6) is 0 Å². The molecule has 156 valence electrons. The van der Waals surface area contributed by atoms with E-state index in [1.807, 2.05) is 36.5 Å². The highest BCUT2D eigenvalue weighted by molar-refractivity contribution is 7.84. The van der Waals surface area contributed by atoms with Crippen LogP contribution in [0.25, 0.3) is 0 Å². The van der Waals surface area contributed by atoms with Crippen molar-refractivity contribution in [2.45, 2.75) is 31.6 Å². The Morgan fingerprint density at radius 1 is 1.21 bits per heavy atom. The Hall–Kier alpha value is -2.41. The number of nitrogens with one attached hydrogen (secondary N) is 2. The van der Waals surface area contributed by atoms with Crippen LogP contribution in [-0.2, 0) is 16.6 Å². The summed E-state index contributed by atoms with van der Waals surface area (Å²) < 4.78 is 12.3. The summed E-state index contributed by atoms with van der Waals surface area (Å²) >= 11 is 0. The molecule has 3 rings (SSSR count). The number of rotatable bonds is 7. The SMILES string of the molecule is CN=C(NCCS(=O)Cc1ccccc1)NC1CCN(c2ccc(C)cn2)CC1. The van der Waals surface area contributed by atoms with E-state index in [0.717, 1.165) is 43.3 Å². The third kappa shape index (κ3) is 6.85. The molecule has 29 heavy (non-hydrogen) atoms. The van der Waals surface area contributed by atoms with Crippen molar-refractivity contribution in [2.75, 3.05) is 37.3 Å². The van der Waals surface area contributed by atoms with Gasteiger partial charge in [0.15, 0.2) is 5.96 Å². The zero-order chi connectivity index (χ0) is 20.5. The summed E-state index contributed by atoms with van der Waals surface area (Å²) in [6.45, 7) is 4.66. The minimum Gasteiger partial charge on any atom is -0.356 e. The maximum absolute atomic E-state index is 12.3. The lowest BCUT2D eigenvalue weighted by Crippen LogP contribution is -2.49. The van der Waals surface area contributed by atoms with Crippen molar-refractivity contribution in [2.24, 2.45) is 4.99 Å². The second kappa shape index (κ2) is 11.0. The highest BCUT2D eigenvalue weighted by atomic mass is 32.2. The van der Waals surface area contributed by atoms with Crippen molar-refractivity contribution < 1.29 is 4.21 Å². The average Bonchev–Trinajstić information content (AvgIpc) is 2.75. The van der Waals surface area contributed by atoms with Crippen molar-refractivity contribution in [1.29, 1.82) is 0 Å². The van der Waals surface area contributed by atoms with E-state index in [9.17, 15) is 4.21 Å². The number of guanidine groups is 1.